The van der Waals surface area contributed by atoms with Gasteiger partial charge in [-0.3, -0.25) is 0 Å². The van der Waals surface area contributed by atoms with Crippen LogP contribution in [0, 0.1) is 11.3 Å². The van der Waals surface area contributed by atoms with E-state index in [4.69, 9.17) is 5.21 Å². The number of rotatable bonds is 0. The topological polar surface area (TPSA) is 32.6 Å². The van der Waals surface area contributed by atoms with Crippen LogP contribution in [0.3, 0.4) is 0 Å². The quantitative estimate of drug-likeness (QED) is 0.423. The van der Waals surface area contributed by atoms with Gasteiger partial charge in [-0.1, -0.05) is 25.9 Å². The SMILES string of the molecule is CC1CCC(=NO)C(C)(C)C1. The standard InChI is InChI=1S/C9H17NO/c1-7-4-5-8(10-11)9(2,3)6-7/h7,11H,4-6H2,1-3H3. The van der Waals surface area contributed by atoms with Gasteiger partial charge in [0.05, 0.1) is 5.71 Å². The van der Waals surface area contributed by atoms with E-state index >= 15 is 0 Å². The van der Waals surface area contributed by atoms with Crippen molar-refractivity contribution in [2.75, 3.05) is 0 Å². The summed E-state index contributed by atoms with van der Waals surface area (Å²) in [6.45, 7) is 6.56. The molecule has 1 aliphatic carbocycles. The summed E-state index contributed by atoms with van der Waals surface area (Å²) >= 11 is 0. The average molecular weight is 155 g/mol. The number of nitrogens with zero attached hydrogens (tertiary/aromatic N) is 1. The Morgan fingerprint density at radius 1 is 1.55 bits per heavy atom. The molecule has 0 amide bonds. The van der Waals surface area contributed by atoms with Crippen LogP contribution in [0.25, 0.3) is 0 Å². The monoisotopic (exact) mass is 155 g/mol. The summed E-state index contributed by atoms with van der Waals surface area (Å²) in [4.78, 5) is 0. The van der Waals surface area contributed by atoms with Gasteiger partial charge in [-0.05, 0) is 25.2 Å². The highest BCUT2D eigenvalue weighted by Gasteiger charge is 2.31. The maximum Gasteiger partial charge on any atom is 0.0627 e. The minimum absolute atomic E-state index is 0.117. The first kappa shape index (κ1) is 8.57. The third-order valence-electron chi connectivity index (χ3n) is 2.63. The predicted octanol–water partition coefficient (Wildman–Crippen LogP) is 2.66. The molecule has 1 aliphatic rings. The van der Waals surface area contributed by atoms with E-state index < -0.39 is 0 Å². The van der Waals surface area contributed by atoms with Crippen LogP contribution in [0.15, 0.2) is 5.16 Å². The second kappa shape index (κ2) is 2.84. The zero-order chi connectivity index (χ0) is 8.48. The molecule has 0 aliphatic heterocycles. The lowest BCUT2D eigenvalue weighted by molar-refractivity contribution is 0.276. The molecule has 64 valence electrons. The Kier molecular flexibility index (Phi) is 2.21. The molecular formula is C9H17NO. The van der Waals surface area contributed by atoms with Gasteiger partial charge in [0, 0.05) is 5.41 Å². The molecule has 0 saturated heterocycles. The lowest BCUT2D eigenvalue weighted by atomic mass is 9.71. The van der Waals surface area contributed by atoms with Gasteiger partial charge >= 0.3 is 0 Å². The van der Waals surface area contributed by atoms with Crippen molar-refractivity contribution in [2.24, 2.45) is 16.5 Å². The Labute approximate surface area is 68.3 Å². The molecule has 0 radical (unpaired) electrons. The van der Waals surface area contributed by atoms with Crippen molar-refractivity contribution in [3.05, 3.63) is 0 Å². The fourth-order valence-electron chi connectivity index (χ4n) is 2.00. The first-order valence-corrected chi connectivity index (χ1v) is 4.27. The minimum atomic E-state index is 0.117. The normalized spacial score (nSPS) is 34.1. The Morgan fingerprint density at radius 3 is 2.64 bits per heavy atom. The molecule has 1 saturated carbocycles. The summed E-state index contributed by atoms with van der Waals surface area (Å²) in [5.74, 6) is 0.774. The van der Waals surface area contributed by atoms with Crippen molar-refractivity contribution >= 4 is 5.71 Å². The number of oxime groups is 1. The van der Waals surface area contributed by atoms with Crippen LogP contribution in [0.1, 0.15) is 40.0 Å². The first-order chi connectivity index (χ1) is 5.06. The highest BCUT2D eigenvalue weighted by atomic mass is 16.4. The smallest absolute Gasteiger partial charge is 0.0627 e. The molecule has 0 aromatic carbocycles. The van der Waals surface area contributed by atoms with E-state index in [-0.39, 0.29) is 5.41 Å². The van der Waals surface area contributed by atoms with Gasteiger partial charge in [-0.15, -0.1) is 0 Å². The number of hydrogen-bond donors (Lipinski definition) is 1. The van der Waals surface area contributed by atoms with Gasteiger partial charge in [0.25, 0.3) is 0 Å². The van der Waals surface area contributed by atoms with Gasteiger partial charge in [-0.2, -0.15) is 0 Å². The molecule has 1 rings (SSSR count). The summed E-state index contributed by atoms with van der Waals surface area (Å²) in [7, 11) is 0. The molecule has 1 fully saturated rings. The maximum absolute atomic E-state index is 8.70. The minimum Gasteiger partial charge on any atom is -0.411 e. The molecule has 0 bridgehead atoms. The third kappa shape index (κ3) is 1.73. The van der Waals surface area contributed by atoms with Gasteiger partial charge < -0.3 is 5.21 Å². The van der Waals surface area contributed by atoms with Crippen LogP contribution in [0.4, 0.5) is 0 Å². The predicted molar refractivity (Wildman–Crippen MR) is 46.0 cm³/mol. The Bertz CT molecular complexity index is 172. The lowest BCUT2D eigenvalue weighted by Crippen LogP contribution is -2.31. The second-order valence-electron chi connectivity index (χ2n) is 4.28. The fraction of sp³-hybridized carbons (Fsp3) is 0.889. The van der Waals surface area contributed by atoms with E-state index in [1.165, 1.54) is 6.42 Å². The first-order valence-electron chi connectivity index (χ1n) is 4.27. The molecule has 0 aromatic rings. The summed E-state index contributed by atoms with van der Waals surface area (Å²) in [6.07, 6.45) is 3.28. The van der Waals surface area contributed by atoms with Crippen molar-refractivity contribution in [3.8, 4) is 0 Å². The van der Waals surface area contributed by atoms with Crippen LogP contribution >= 0.6 is 0 Å². The summed E-state index contributed by atoms with van der Waals surface area (Å²) < 4.78 is 0. The Hall–Kier alpha value is -0.530. The van der Waals surface area contributed by atoms with E-state index in [9.17, 15) is 0 Å². The van der Waals surface area contributed by atoms with E-state index in [2.05, 4.69) is 25.9 Å². The molecule has 2 nitrogen and oxygen atoms in total. The molecule has 1 N–H and O–H groups in total. The van der Waals surface area contributed by atoms with Crippen LogP contribution < -0.4 is 0 Å². The van der Waals surface area contributed by atoms with Crippen LogP contribution in [0.5, 0.6) is 0 Å². The zero-order valence-corrected chi connectivity index (χ0v) is 7.59. The summed E-state index contributed by atoms with van der Waals surface area (Å²) in [5.41, 5.74) is 1.09. The highest BCUT2D eigenvalue weighted by Crippen LogP contribution is 2.36. The van der Waals surface area contributed by atoms with Crippen molar-refractivity contribution in [1.82, 2.24) is 0 Å². The average Bonchev–Trinajstić information content (AvgIpc) is 1.85. The second-order valence-corrected chi connectivity index (χ2v) is 4.28. The summed E-state index contributed by atoms with van der Waals surface area (Å²) in [5, 5.41) is 12.1. The zero-order valence-electron chi connectivity index (χ0n) is 7.59. The van der Waals surface area contributed by atoms with Crippen molar-refractivity contribution in [2.45, 2.75) is 40.0 Å². The van der Waals surface area contributed by atoms with Crippen molar-refractivity contribution in [1.29, 1.82) is 0 Å². The maximum atomic E-state index is 8.70. The lowest BCUT2D eigenvalue weighted by Gasteiger charge is -2.34. The van der Waals surface area contributed by atoms with Gasteiger partial charge in [0.1, 0.15) is 0 Å². The van der Waals surface area contributed by atoms with E-state index in [0.29, 0.717) is 0 Å². The molecule has 11 heavy (non-hydrogen) atoms. The molecule has 2 heteroatoms. The Balaban J connectivity index is 2.72. The molecular weight excluding hydrogens is 138 g/mol. The van der Waals surface area contributed by atoms with Crippen molar-refractivity contribution < 1.29 is 5.21 Å². The Morgan fingerprint density at radius 2 is 2.18 bits per heavy atom. The van der Waals surface area contributed by atoms with Crippen molar-refractivity contribution in [3.63, 3.8) is 0 Å². The molecule has 0 heterocycles. The van der Waals surface area contributed by atoms with E-state index in [1.54, 1.807) is 0 Å². The largest absolute Gasteiger partial charge is 0.411 e. The van der Waals surface area contributed by atoms with Crippen LogP contribution in [0.2, 0.25) is 0 Å². The van der Waals surface area contributed by atoms with E-state index in [1.807, 2.05) is 0 Å². The van der Waals surface area contributed by atoms with E-state index in [0.717, 1.165) is 24.5 Å². The van der Waals surface area contributed by atoms with Crippen LogP contribution in [-0.2, 0) is 0 Å². The fourth-order valence-corrected chi connectivity index (χ4v) is 2.00. The molecule has 1 unspecified atom stereocenters. The molecule has 0 aromatic heterocycles. The highest BCUT2D eigenvalue weighted by molar-refractivity contribution is 5.89. The molecule has 0 spiro atoms. The van der Waals surface area contributed by atoms with Gasteiger partial charge in [0.2, 0.25) is 0 Å². The molecule has 1 atom stereocenters. The van der Waals surface area contributed by atoms with Gasteiger partial charge in [0.15, 0.2) is 0 Å². The van der Waals surface area contributed by atoms with Gasteiger partial charge in [-0.25, -0.2) is 0 Å². The number of hydrogen-bond acceptors (Lipinski definition) is 2. The summed E-state index contributed by atoms with van der Waals surface area (Å²) in [6, 6.07) is 0. The third-order valence-corrected chi connectivity index (χ3v) is 2.63. The van der Waals surface area contributed by atoms with Crippen LogP contribution in [-0.4, -0.2) is 10.9 Å².